The van der Waals surface area contributed by atoms with Gasteiger partial charge in [0.25, 0.3) is 5.56 Å². The van der Waals surface area contributed by atoms with E-state index in [1.807, 2.05) is 6.07 Å². The number of H-pyrrole nitrogens is 1. The standard InChI is InChI=1S/C13H10N2O3/c14-7-10-6-9-5-8(2-4-12(16)17)1-3-11(9)15-13(10)18/h1,3,5-6H,2,4H2,(H,15,18)(H,16,17). The number of carboxylic acids is 1. The molecular formula is C13H10N2O3. The summed E-state index contributed by atoms with van der Waals surface area (Å²) in [5, 5.41) is 18.1. The second-order valence-electron chi connectivity index (χ2n) is 3.94. The lowest BCUT2D eigenvalue weighted by Gasteiger charge is -2.02. The van der Waals surface area contributed by atoms with E-state index in [2.05, 4.69) is 4.98 Å². The van der Waals surface area contributed by atoms with Crippen LogP contribution in [-0.4, -0.2) is 16.1 Å². The highest BCUT2D eigenvalue weighted by Crippen LogP contribution is 2.14. The third-order valence-corrected chi connectivity index (χ3v) is 2.66. The number of carbonyl (C=O) groups is 1. The van der Waals surface area contributed by atoms with E-state index in [1.165, 1.54) is 6.07 Å². The largest absolute Gasteiger partial charge is 0.481 e. The van der Waals surface area contributed by atoms with E-state index in [0.29, 0.717) is 11.9 Å². The number of aromatic nitrogens is 1. The molecule has 0 bridgehead atoms. The van der Waals surface area contributed by atoms with Crippen molar-refractivity contribution in [2.45, 2.75) is 12.8 Å². The van der Waals surface area contributed by atoms with Crippen LogP contribution in [0.15, 0.2) is 29.1 Å². The quantitative estimate of drug-likeness (QED) is 0.850. The number of rotatable bonds is 3. The molecule has 2 aromatic rings. The summed E-state index contributed by atoms with van der Waals surface area (Å²) in [6.45, 7) is 0. The first kappa shape index (κ1) is 11.9. The molecule has 1 aromatic heterocycles. The minimum absolute atomic E-state index is 0.0536. The van der Waals surface area contributed by atoms with Crippen molar-refractivity contribution >= 4 is 16.9 Å². The minimum Gasteiger partial charge on any atom is -0.481 e. The number of benzene rings is 1. The normalized spacial score (nSPS) is 10.2. The van der Waals surface area contributed by atoms with Gasteiger partial charge in [-0.1, -0.05) is 6.07 Å². The van der Waals surface area contributed by atoms with Crippen molar-refractivity contribution in [3.63, 3.8) is 0 Å². The molecule has 0 unspecified atom stereocenters. The van der Waals surface area contributed by atoms with Crippen LogP contribution in [0.2, 0.25) is 0 Å². The molecule has 2 rings (SSSR count). The summed E-state index contributed by atoms with van der Waals surface area (Å²) in [7, 11) is 0. The van der Waals surface area contributed by atoms with Gasteiger partial charge in [-0.3, -0.25) is 9.59 Å². The van der Waals surface area contributed by atoms with Crippen molar-refractivity contribution in [1.82, 2.24) is 4.98 Å². The number of nitrogens with zero attached hydrogens (tertiary/aromatic N) is 1. The van der Waals surface area contributed by atoms with Gasteiger partial charge in [-0.2, -0.15) is 5.26 Å². The Balaban J connectivity index is 2.44. The highest BCUT2D eigenvalue weighted by atomic mass is 16.4. The lowest BCUT2D eigenvalue weighted by molar-refractivity contribution is -0.136. The molecule has 0 aliphatic carbocycles. The molecule has 0 saturated heterocycles. The molecule has 2 N–H and O–H groups in total. The van der Waals surface area contributed by atoms with E-state index in [0.717, 1.165) is 10.9 Å². The van der Waals surface area contributed by atoms with E-state index >= 15 is 0 Å². The van der Waals surface area contributed by atoms with Crippen molar-refractivity contribution < 1.29 is 9.90 Å². The van der Waals surface area contributed by atoms with Crippen LogP contribution < -0.4 is 5.56 Å². The van der Waals surface area contributed by atoms with Gasteiger partial charge in [0.1, 0.15) is 11.6 Å². The topological polar surface area (TPSA) is 93.9 Å². The zero-order chi connectivity index (χ0) is 13.1. The predicted molar refractivity (Wildman–Crippen MR) is 65.2 cm³/mol. The number of hydrogen-bond donors (Lipinski definition) is 2. The number of hydrogen-bond acceptors (Lipinski definition) is 3. The predicted octanol–water partition coefficient (Wildman–Crippen LogP) is 1.42. The van der Waals surface area contributed by atoms with E-state index in [1.54, 1.807) is 18.2 Å². The number of aromatic amines is 1. The number of aryl methyl sites for hydroxylation is 1. The summed E-state index contributed by atoms with van der Waals surface area (Å²) in [6, 6.07) is 8.61. The first-order valence-corrected chi connectivity index (χ1v) is 5.38. The molecule has 0 amide bonds. The van der Waals surface area contributed by atoms with Crippen molar-refractivity contribution in [1.29, 1.82) is 5.26 Å². The minimum atomic E-state index is -0.853. The van der Waals surface area contributed by atoms with Gasteiger partial charge in [0.2, 0.25) is 0 Å². The fourth-order valence-electron chi connectivity index (χ4n) is 1.75. The maximum atomic E-state index is 11.4. The zero-order valence-electron chi connectivity index (χ0n) is 9.43. The first-order valence-electron chi connectivity index (χ1n) is 5.38. The lowest BCUT2D eigenvalue weighted by atomic mass is 10.1. The molecule has 5 heteroatoms. The monoisotopic (exact) mass is 242 g/mol. The van der Waals surface area contributed by atoms with Crippen LogP contribution in [0.5, 0.6) is 0 Å². The number of carboxylic acid groups (broad SMARTS) is 1. The van der Waals surface area contributed by atoms with Crippen LogP contribution >= 0.6 is 0 Å². The molecule has 18 heavy (non-hydrogen) atoms. The van der Waals surface area contributed by atoms with Gasteiger partial charge in [0, 0.05) is 11.9 Å². The summed E-state index contributed by atoms with van der Waals surface area (Å²) in [5.74, 6) is -0.853. The molecule has 0 spiro atoms. The van der Waals surface area contributed by atoms with Gasteiger partial charge in [0.15, 0.2) is 0 Å². The Morgan fingerprint density at radius 2 is 2.17 bits per heavy atom. The van der Waals surface area contributed by atoms with E-state index in [4.69, 9.17) is 10.4 Å². The lowest BCUT2D eigenvalue weighted by Crippen LogP contribution is -2.09. The Bertz CT molecular complexity index is 710. The Morgan fingerprint density at radius 1 is 1.39 bits per heavy atom. The molecular weight excluding hydrogens is 232 g/mol. The fourth-order valence-corrected chi connectivity index (χ4v) is 1.75. The second-order valence-corrected chi connectivity index (χ2v) is 3.94. The maximum absolute atomic E-state index is 11.4. The fraction of sp³-hybridized carbons (Fsp3) is 0.154. The highest BCUT2D eigenvalue weighted by Gasteiger charge is 2.04. The molecule has 0 aliphatic heterocycles. The summed E-state index contributed by atoms with van der Waals surface area (Å²) in [4.78, 5) is 24.5. The molecule has 0 aliphatic rings. The van der Waals surface area contributed by atoms with E-state index in [-0.39, 0.29) is 12.0 Å². The molecule has 0 fully saturated rings. The highest BCUT2D eigenvalue weighted by molar-refractivity contribution is 5.80. The number of nitriles is 1. The third kappa shape index (κ3) is 2.38. The van der Waals surface area contributed by atoms with Crippen molar-refractivity contribution in [2.24, 2.45) is 0 Å². The average Bonchev–Trinajstić information content (AvgIpc) is 2.35. The summed E-state index contributed by atoms with van der Waals surface area (Å²) < 4.78 is 0. The van der Waals surface area contributed by atoms with Gasteiger partial charge >= 0.3 is 5.97 Å². The van der Waals surface area contributed by atoms with E-state index in [9.17, 15) is 9.59 Å². The number of fused-ring (bicyclic) bond motifs is 1. The van der Waals surface area contributed by atoms with Crippen molar-refractivity contribution in [3.05, 3.63) is 45.7 Å². The van der Waals surface area contributed by atoms with Crippen LogP contribution in [0.3, 0.4) is 0 Å². The van der Waals surface area contributed by atoms with Gasteiger partial charge in [0.05, 0.1) is 0 Å². The number of pyridine rings is 1. The summed E-state index contributed by atoms with van der Waals surface area (Å²) in [5.41, 5.74) is 1.14. The van der Waals surface area contributed by atoms with Crippen LogP contribution in [-0.2, 0) is 11.2 Å². The number of nitrogens with one attached hydrogen (secondary N) is 1. The smallest absolute Gasteiger partial charge is 0.303 e. The maximum Gasteiger partial charge on any atom is 0.303 e. The Labute approximate surface area is 102 Å². The zero-order valence-corrected chi connectivity index (χ0v) is 9.43. The van der Waals surface area contributed by atoms with Gasteiger partial charge < -0.3 is 10.1 Å². The SMILES string of the molecule is N#Cc1cc2cc(CCC(=O)O)ccc2[nH]c1=O. The molecule has 90 valence electrons. The van der Waals surface area contributed by atoms with Crippen LogP contribution in [0.1, 0.15) is 17.5 Å². The molecule has 1 aromatic carbocycles. The van der Waals surface area contributed by atoms with Gasteiger partial charge in [-0.25, -0.2) is 0 Å². The first-order chi connectivity index (χ1) is 8.60. The Morgan fingerprint density at radius 3 is 2.83 bits per heavy atom. The van der Waals surface area contributed by atoms with Crippen molar-refractivity contribution in [2.75, 3.05) is 0 Å². The Kier molecular flexibility index (Phi) is 3.11. The van der Waals surface area contributed by atoms with Crippen LogP contribution in [0, 0.1) is 11.3 Å². The van der Waals surface area contributed by atoms with Gasteiger partial charge in [-0.15, -0.1) is 0 Å². The van der Waals surface area contributed by atoms with Gasteiger partial charge in [-0.05, 0) is 35.6 Å². The van der Waals surface area contributed by atoms with Crippen molar-refractivity contribution in [3.8, 4) is 6.07 Å². The third-order valence-electron chi connectivity index (χ3n) is 2.66. The van der Waals surface area contributed by atoms with Crippen LogP contribution in [0.4, 0.5) is 0 Å². The molecule has 5 nitrogen and oxygen atoms in total. The number of aliphatic carboxylic acids is 1. The summed E-state index contributed by atoms with van der Waals surface area (Å²) in [6.07, 6.45) is 0.478. The van der Waals surface area contributed by atoms with Crippen LogP contribution in [0.25, 0.3) is 10.9 Å². The Hall–Kier alpha value is -2.61. The average molecular weight is 242 g/mol. The molecule has 0 saturated carbocycles. The molecule has 0 radical (unpaired) electrons. The van der Waals surface area contributed by atoms with E-state index < -0.39 is 11.5 Å². The molecule has 0 atom stereocenters. The summed E-state index contributed by atoms with van der Waals surface area (Å²) >= 11 is 0. The second kappa shape index (κ2) is 4.72. The molecule has 1 heterocycles.